The molecule has 1 rings (SSSR count). The number of likely N-dealkylation sites (N-methyl/N-ethyl adjacent to an activating group) is 1. The Morgan fingerprint density at radius 1 is 1.70 bits per heavy atom. The van der Waals surface area contributed by atoms with Gasteiger partial charge in [0.15, 0.2) is 0 Å². The molecule has 0 aliphatic carbocycles. The van der Waals surface area contributed by atoms with E-state index in [9.17, 15) is 7.67 Å². The van der Waals surface area contributed by atoms with Gasteiger partial charge in [0.1, 0.15) is 0 Å². The number of hydrogen-bond donors (Lipinski definition) is 1. The van der Waals surface area contributed by atoms with Crippen LogP contribution in [0, 0.1) is 0 Å². The molecule has 10 heavy (non-hydrogen) atoms. The normalized spacial score (nSPS) is 27.1. The zero-order valence-electron chi connectivity index (χ0n) is 5.87. The summed E-state index contributed by atoms with van der Waals surface area (Å²) >= 11 is -2.86. The Hall–Kier alpha value is 0.0395. The van der Waals surface area contributed by atoms with Crippen LogP contribution in [0.2, 0.25) is 0 Å². The van der Waals surface area contributed by atoms with Crippen molar-refractivity contribution in [3.63, 3.8) is 0 Å². The van der Waals surface area contributed by atoms with E-state index < -0.39 is 13.8 Å². The molecule has 1 saturated heterocycles. The molecule has 1 unspecified atom stereocenters. The van der Waals surface area contributed by atoms with Crippen LogP contribution in [0.5, 0.6) is 0 Å². The Morgan fingerprint density at radius 2 is 2.40 bits per heavy atom. The molecule has 0 saturated carbocycles. The zero-order chi connectivity index (χ0) is 7.56. The summed E-state index contributed by atoms with van der Waals surface area (Å²) in [5.41, 5.74) is 0. The molecule has 4 nitrogen and oxygen atoms in total. The third kappa shape index (κ3) is 1.55. The molecular weight excluding hydrogens is 199 g/mol. The van der Waals surface area contributed by atoms with E-state index in [2.05, 4.69) is 5.32 Å². The maximum atomic E-state index is 10.6. The average molecular weight is 210 g/mol. The van der Waals surface area contributed by atoms with Crippen molar-refractivity contribution in [2.45, 2.75) is 12.0 Å². The predicted octanol–water partition coefficient (Wildman–Crippen LogP) is -0.874. The first-order valence-corrected chi connectivity index (χ1v) is 5.70. The van der Waals surface area contributed by atoms with Crippen molar-refractivity contribution < 1.29 is 7.67 Å². The second-order valence-corrected chi connectivity index (χ2v) is 4.23. The van der Waals surface area contributed by atoms with Crippen LogP contribution in [0.4, 0.5) is 0 Å². The zero-order valence-corrected chi connectivity index (χ0v) is 7.58. The van der Waals surface area contributed by atoms with Gasteiger partial charge in [-0.1, -0.05) is 0 Å². The standard InChI is InChI=1S/C5H11N2O2Se/c1-2-7-4-3-6-5(7)10(8)9/h5-6H,2-4H2,1H3. The molecule has 59 valence electrons. The van der Waals surface area contributed by atoms with E-state index in [4.69, 9.17) is 0 Å². The fourth-order valence-electron chi connectivity index (χ4n) is 1.09. The van der Waals surface area contributed by atoms with Gasteiger partial charge in [0.2, 0.25) is 0 Å². The van der Waals surface area contributed by atoms with Gasteiger partial charge in [0.05, 0.1) is 0 Å². The topological polar surface area (TPSA) is 49.4 Å². The van der Waals surface area contributed by atoms with E-state index in [0.29, 0.717) is 0 Å². The molecule has 0 aromatic heterocycles. The van der Waals surface area contributed by atoms with Crippen molar-refractivity contribution in [2.24, 2.45) is 0 Å². The summed E-state index contributed by atoms with van der Waals surface area (Å²) in [5, 5.41) is 2.56. The molecule has 1 aliphatic rings. The first-order chi connectivity index (χ1) is 4.75. The summed E-state index contributed by atoms with van der Waals surface area (Å²) in [7, 11) is 0. The van der Waals surface area contributed by atoms with Crippen LogP contribution in [0.25, 0.3) is 0 Å². The van der Waals surface area contributed by atoms with Crippen LogP contribution in [-0.2, 0) is 7.67 Å². The second-order valence-electron chi connectivity index (χ2n) is 2.20. The van der Waals surface area contributed by atoms with Crippen molar-refractivity contribution in [2.75, 3.05) is 19.6 Å². The molecule has 0 amide bonds. The Kier molecular flexibility index (Phi) is 2.80. The van der Waals surface area contributed by atoms with Crippen molar-refractivity contribution in [1.29, 1.82) is 0 Å². The van der Waals surface area contributed by atoms with Crippen LogP contribution in [-0.4, -0.2) is 43.4 Å². The molecule has 0 aromatic rings. The Morgan fingerprint density at radius 3 is 2.80 bits per heavy atom. The maximum absolute atomic E-state index is 10.6. The van der Waals surface area contributed by atoms with Gasteiger partial charge in [-0.3, -0.25) is 0 Å². The summed E-state index contributed by atoms with van der Waals surface area (Å²) in [4.78, 5) is 1.92. The van der Waals surface area contributed by atoms with Crippen LogP contribution in [0.3, 0.4) is 0 Å². The van der Waals surface area contributed by atoms with E-state index >= 15 is 0 Å². The van der Waals surface area contributed by atoms with Crippen molar-refractivity contribution in [3.8, 4) is 0 Å². The van der Waals surface area contributed by atoms with Gasteiger partial charge in [-0.15, -0.1) is 0 Å². The summed E-state index contributed by atoms with van der Waals surface area (Å²) in [6, 6.07) is 0. The molecule has 5 heteroatoms. The van der Waals surface area contributed by atoms with Gasteiger partial charge >= 0.3 is 63.3 Å². The summed E-state index contributed by atoms with van der Waals surface area (Å²) in [6.45, 7) is 4.42. The molecule has 0 spiro atoms. The van der Waals surface area contributed by atoms with Crippen molar-refractivity contribution >= 4 is 13.8 Å². The van der Waals surface area contributed by atoms with Crippen LogP contribution >= 0.6 is 0 Å². The number of hydrogen-bond acceptors (Lipinski definition) is 4. The number of nitrogens with one attached hydrogen (secondary N) is 1. The second kappa shape index (κ2) is 3.44. The van der Waals surface area contributed by atoms with Gasteiger partial charge in [-0.2, -0.15) is 0 Å². The Balaban J connectivity index is 2.58. The van der Waals surface area contributed by atoms with Gasteiger partial charge < -0.3 is 0 Å². The van der Waals surface area contributed by atoms with Gasteiger partial charge in [0.25, 0.3) is 0 Å². The molecule has 1 atom stereocenters. The van der Waals surface area contributed by atoms with Crippen molar-refractivity contribution in [1.82, 2.24) is 10.2 Å². The van der Waals surface area contributed by atoms with Gasteiger partial charge in [-0.25, -0.2) is 0 Å². The molecule has 1 radical (unpaired) electrons. The van der Waals surface area contributed by atoms with E-state index in [1.165, 1.54) is 0 Å². The Labute approximate surface area is 63.9 Å². The minimum atomic E-state index is -2.86. The monoisotopic (exact) mass is 211 g/mol. The molecule has 0 aromatic carbocycles. The van der Waals surface area contributed by atoms with E-state index in [1.807, 2.05) is 11.8 Å². The first kappa shape index (κ1) is 8.14. The average Bonchev–Trinajstić information content (AvgIpc) is 2.33. The third-order valence-electron chi connectivity index (χ3n) is 1.64. The molecule has 1 aliphatic heterocycles. The van der Waals surface area contributed by atoms with Crippen LogP contribution in [0.1, 0.15) is 6.92 Å². The predicted molar refractivity (Wildman–Crippen MR) is 36.2 cm³/mol. The summed E-state index contributed by atoms with van der Waals surface area (Å²) in [6.07, 6.45) is 0. The SMILES string of the molecule is CCN1CCNC1[Se](=O)=O. The van der Waals surface area contributed by atoms with E-state index in [0.717, 1.165) is 19.6 Å². The summed E-state index contributed by atoms with van der Waals surface area (Å²) in [5.74, 6) is 0. The van der Waals surface area contributed by atoms with Gasteiger partial charge in [-0.05, 0) is 0 Å². The molecule has 0 bridgehead atoms. The first-order valence-electron chi connectivity index (χ1n) is 3.31. The molecule has 1 heterocycles. The summed E-state index contributed by atoms with van der Waals surface area (Å²) < 4.78 is 21.1. The van der Waals surface area contributed by atoms with Crippen molar-refractivity contribution in [3.05, 3.63) is 0 Å². The quantitative estimate of drug-likeness (QED) is 0.602. The van der Waals surface area contributed by atoms with Crippen LogP contribution in [0.15, 0.2) is 0 Å². The van der Waals surface area contributed by atoms with E-state index in [-0.39, 0.29) is 5.06 Å². The molecule has 1 N–H and O–H groups in total. The molecular formula is C5H11N2O2Se. The molecule has 1 fully saturated rings. The number of nitrogens with zero attached hydrogens (tertiary/aromatic N) is 1. The fourth-order valence-corrected chi connectivity index (χ4v) is 2.67. The number of rotatable bonds is 2. The van der Waals surface area contributed by atoms with Gasteiger partial charge in [0, 0.05) is 0 Å². The van der Waals surface area contributed by atoms with Crippen LogP contribution < -0.4 is 5.32 Å². The minimum absolute atomic E-state index is 0.356. The van der Waals surface area contributed by atoms with E-state index in [1.54, 1.807) is 0 Å². The fraction of sp³-hybridized carbons (Fsp3) is 1.00. The Bertz CT molecular complexity index is 172. The third-order valence-corrected chi connectivity index (χ3v) is 3.38.